The number of halogens is 3. The highest BCUT2D eigenvalue weighted by Crippen LogP contribution is 2.30. The molecule has 32 heavy (non-hydrogen) atoms. The fourth-order valence-electron chi connectivity index (χ4n) is 3.15. The molecule has 0 saturated carbocycles. The van der Waals surface area contributed by atoms with Gasteiger partial charge in [0.15, 0.2) is 17.1 Å². The summed E-state index contributed by atoms with van der Waals surface area (Å²) in [7, 11) is 0. The van der Waals surface area contributed by atoms with E-state index in [1.54, 1.807) is 18.2 Å². The van der Waals surface area contributed by atoms with Crippen LogP contribution in [0.3, 0.4) is 0 Å². The average molecular weight is 514 g/mol. The van der Waals surface area contributed by atoms with Crippen LogP contribution >= 0.6 is 46.6 Å². The minimum Gasteiger partial charge on any atom is -0.483 e. The molecule has 1 heterocycles. The second-order valence-electron chi connectivity index (χ2n) is 7.18. The summed E-state index contributed by atoms with van der Waals surface area (Å²) in [5.74, 6) is 1.32. The predicted molar refractivity (Wildman–Crippen MR) is 131 cm³/mol. The number of thioether (sulfide) groups is 1. The van der Waals surface area contributed by atoms with E-state index in [4.69, 9.17) is 39.5 Å². The number of nitrogens with one attached hydrogen (secondary N) is 1. The zero-order valence-corrected chi connectivity index (χ0v) is 21.2. The summed E-state index contributed by atoms with van der Waals surface area (Å²) in [5.41, 5.74) is 2.37. The smallest absolute Gasteiger partial charge is 0.234 e. The number of carbonyl (C=O) groups is 1. The van der Waals surface area contributed by atoms with Crippen molar-refractivity contribution in [1.29, 1.82) is 0 Å². The lowest BCUT2D eigenvalue weighted by Gasteiger charge is -2.17. The number of aromatic nitrogens is 3. The normalized spacial score (nSPS) is 12.0. The number of hydrogen-bond acceptors (Lipinski definition) is 5. The van der Waals surface area contributed by atoms with Gasteiger partial charge in [0, 0.05) is 16.6 Å². The van der Waals surface area contributed by atoms with E-state index in [-0.39, 0.29) is 17.8 Å². The van der Waals surface area contributed by atoms with Crippen LogP contribution in [0.25, 0.3) is 0 Å². The molecule has 3 rings (SSSR count). The Hall–Kier alpha value is -1.93. The van der Waals surface area contributed by atoms with Gasteiger partial charge in [-0.25, -0.2) is 0 Å². The largest absolute Gasteiger partial charge is 0.483 e. The minimum absolute atomic E-state index is 0.145. The number of ether oxygens (including phenoxy) is 1. The first kappa shape index (κ1) is 24.7. The molecule has 0 aliphatic heterocycles. The van der Waals surface area contributed by atoms with Crippen molar-refractivity contribution in [2.45, 2.75) is 45.5 Å². The van der Waals surface area contributed by atoms with Crippen molar-refractivity contribution < 1.29 is 9.53 Å². The Bertz CT molecular complexity index is 1110. The van der Waals surface area contributed by atoms with E-state index in [0.29, 0.717) is 33.3 Å². The number of anilines is 1. The topological polar surface area (TPSA) is 69.0 Å². The molecule has 0 bridgehead atoms. The van der Waals surface area contributed by atoms with Gasteiger partial charge in [-0.3, -0.25) is 4.79 Å². The summed E-state index contributed by atoms with van der Waals surface area (Å²) in [6, 6.07) is 8.71. The summed E-state index contributed by atoms with van der Waals surface area (Å²) < 4.78 is 8.04. The van der Waals surface area contributed by atoms with Crippen LogP contribution in [0.4, 0.5) is 5.69 Å². The highest BCUT2D eigenvalue weighted by Gasteiger charge is 2.20. The van der Waals surface area contributed by atoms with Gasteiger partial charge in [-0.05, 0) is 69.2 Å². The monoisotopic (exact) mass is 512 g/mol. The van der Waals surface area contributed by atoms with Crippen molar-refractivity contribution in [3.8, 4) is 5.75 Å². The van der Waals surface area contributed by atoms with Crippen molar-refractivity contribution in [1.82, 2.24) is 14.8 Å². The molecule has 3 aromatic rings. The van der Waals surface area contributed by atoms with Crippen LogP contribution in [0, 0.1) is 13.8 Å². The molecular formula is C22H23Cl3N4O2S. The molecule has 170 valence electrons. The van der Waals surface area contributed by atoms with E-state index < -0.39 is 0 Å². The van der Waals surface area contributed by atoms with Gasteiger partial charge in [-0.2, -0.15) is 0 Å². The zero-order chi connectivity index (χ0) is 23.4. The van der Waals surface area contributed by atoms with Gasteiger partial charge in [-0.1, -0.05) is 46.6 Å². The summed E-state index contributed by atoms with van der Waals surface area (Å²) >= 11 is 19.6. The Labute approximate surface area is 206 Å². The Morgan fingerprint density at radius 1 is 1.16 bits per heavy atom. The molecule has 1 amide bonds. The van der Waals surface area contributed by atoms with Crippen LogP contribution in [-0.4, -0.2) is 26.4 Å². The van der Waals surface area contributed by atoms with E-state index in [1.807, 2.05) is 44.4 Å². The number of benzene rings is 2. The fourth-order valence-corrected chi connectivity index (χ4v) is 4.40. The third kappa shape index (κ3) is 5.90. The predicted octanol–water partition coefficient (Wildman–Crippen LogP) is 6.75. The Morgan fingerprint density at radius 2 is 1.84 bits per heavy atom. The van der Waals surface area contributed by atoms with E-state index in [0.717, 1.165) is 21.9 Å². The summed E-state index contributed by atoms with van der Waals surface area (Å²) in [4.78, 5) is 12.4. The molecule has 10 heteroatoms. The second kappa shape index (κ2) is 10.8. The number of aryl methyl sites for hydroxylation is 2. The molecule has 0 radical (unpaired) electrons. The molecule has 0 spiro atoms. The van der Waals surface area contributed by atoms with Crippen LogP contribution in [0.15, 0.2) is 35.5 Å². The first-order valence-corrected chi connectivity index (χ1v) is 12.1. The van der Waals surface area contributed by atoms with Crippen LogP contribution < -0.4 is 10.1 Å². The summed E-state index contributed by atoms with van der Waals surface area (Å²) in [6.45, 7) is 8.43. The van der Waals surface area contributed by atoms with Crippen LogP contribution in [0.2, 0.25) is 15.1 Å². The van der Waals surface area contributed by atoms with Crippen molar-refractivity contribution in [3.05, 3.63) is 62.4 Å². The van der Waals surface area contributed by atoms with Gasteiger partial charge < -0.3 is 14.6 Å². The van der Waals surface area contributed by atoms with E-state index in [2.05, 4.69) is 15.5 Å². The lowest BCUT2D eigenvalue weighted by atomic mass is 10.1. The van der Waals surface area contributed by atoms with E-state index >= 15 is 0 Å². The standard InChI is InChI=1S/C22H23Cl3N4O2S/c1-5-29-21(14(4)31-16-8-12(2)20(25)13(3)9-16)27-28-22(29)32-11-19(30)26-18-10-15(23)6-7-17(18)24/h6-10,14H,5,11H2,1-4H3,(H,26,30). The van der Waals surface area contributed by atoms with Gasteiger partial charge in [0.2, 0.25) is 5.91 Å². The highest BCUT2D eigenvalue weighted by atomic mass is 35.5. The van der Waals surface area contributed by atoms with E-state index in [1.165, 1.54) is 11.8 Å². The number of carbonyl (C=O) groups excluding carboxylic acids is 1. The van der Waals surface area contributed by atoms with Crippen molar-refractivity contribution >= 4 is 58.2 Å². The second-order valence-corrected chi connectivity index (χ2v) is 9.34. The molecule has 0 aliphatic rings. The minimum atomic E-state index is -0.337. The molecule has 1 atom stereocenters. The molecule has 0 fully saturated rings. The average Bonchev–Trinajstić information content (AvgIpc) is 3.16. The third-order valence-corrected chi connectivity index (χ3v) is 6.81. The maximum absolute atomic E-state index is 12.4. The molecule has 6 nitrogen and oxygen atoms in total. The van der Waals surface area contributed by atoms with Crippen molar-refractivity contribution in [2.24, 2.45) is 0 Å². The molecule has 2 aromatic carbocycles. The van der Waals surface area contributed by atoms with Gasteiger partial charge in [0.1, 0.15) is 5.75 Å². The SMILES string of the molecule is CCn1c(SCC(=O)Nc2cc(Cl)ccc2Cl)nnc1C(C)Oc1cc(C)c(Cl)c(C)c1. The zero-order valence-electron chi connectivity index (χ0n) is 18.1. The highest BCUT2D eigenvalue weighted by molar-refractivity contribution is 7.99. The Balaban J connectivity index is 1.67. The maximum atomic E-state index is 12.4. The van der Waals surface area contributed by atoms with Gasteiger partial charge >= 0.3 is 0 Å². The third-order valence-electron chi connectivity index (χ3n) is 4.68. The van der Waals surface area contributed by atoms with Crippen molar-refractivity contribution in [2.75, 3.05) is 11.1 Å². The lowest BCUT2D eigenvalue weighted by molar-refractivity contribution is -0.113. The summed E-state index contributed by atoms with van der Waals surface area (Å²) in [6.07, 6.45) is -0.337. The molecule has 0 aliphatic carbocycles. The molecule has 1 aromatic heterocycles. The number of hydrogen-bond donors (Lipinski definition) is 1. The first-order chi connectivity index (χ1) is 15.2. The van der Waals surface area contributed by atoms with Gasteiger partial charge in [0.25, 0.3) is 0 Å². The molecule has 0 saturated heterocycles. The lowest BCUT2D eigenvalue weighted by Crippen LogP contribution is -2.15. The van der Waals surface area contributed by atoms with Crippen LogP contribution in [-0.2, 0) is 11.3 Å². The number of rotatable bonds is 8. The van der Waals surface area contributed by atoms with Gasteiger partial charge in [-0.15, -0.1) is 10.2 Å². The Morgan fingerprint density at radius 3 is 2.50 bits per heavy atom. The molecule has 1 N–H and O–H groups in total. The van der Waals surface area contributed by atoms with Crippen molar-refractivity contribution in [3.63, 3.8) is 0 Å². The fraction of sp³-hybridized carbons (Fsp3) is 0.318. The quantitative estimate of drug-likeness (QED) is 0.338. The molecule has 1 unspecified atom stereocenters. The van der Waals surface area contributed by atoms with Gasteiger partial charge in [0.05, 0.1) is 16.5 Å². The molecular weight excluding hydrogens is 491 g/mol. The Kier molecular flexibility index (Phi) is 8.33. The van der Waals surface area contributed by atoms with Crippen LogP contribution in [0.5, 0.6) is 5.75 Å². The van der Waals surface area contributed by atoms with Crippen LogP contribution in [0.1, 0.15) is 36.9 Å². The number of nitrogens with zero attached hydrogens (tertiary/aromatic N) is 3. The maximum Gasteiger partial charge on any atom is 0.234 e. The van der Waals surface area contributed by atoms with E-state index in [9.17, 15) is 4.79 Å². The summed E-state index contributed by atoms with van der Waals surface area (Å²) in [5, 5.41) is 13.6. The number of amides is 1. The first-order valence-electron chi connectivity index (χ1n) is 9.93.